The van der Waals surface area contributed by atoms with E-state index in [1.165, 1.54) is 5.06 Å². The van der Waals surface area contributed by atoms with Crippen molar-refractivity contribution >= 4 is 12.0 Å². The first-order chi connectivity index (χ1) is 7.66. The van der Waals surface area contributed by atoms with Crippen LogP contribution in [0.15, 0.2) is 30.5 Å². The molecule has 1 aliphatic heterocycles. The average Bonchev–Trinajstić information content (AvgIpc) is 2.28. The average molecular weight is 218 g/mol. The molecule has 16 heavy (non-hydrogen) atoms. The Morgan fingerprint density at radius 1 is 1.50 bits per heavy atom. The molecular weight excluding hydrogens is 204 g/mol. The Kier molecular flexibility index (Phi) is 2.92. The molecule has 1 atom stereocenters. The first-order valence-electron chi connectivity index (χ1n) is 5.17. The number of nitrogens with zero attached hydrogens (tertiary/aromatic N) is 1. The third-order valence-corrected chi connectivity index (χ3v) is 2.38. The lowest BCUT2D eigenvalue weighted by Crippen LogP contribution is -2.34. The summed E-state index contributed by atoms with van der Waals surface area (Å²) < 4.78 is 0. The van der Waals surface area contributed by atoms with Crippen molar-refractivity contribution in [2.45, 2.75) is 19.5 Å². The van der Waals surface area contributed by atoms with E-state index in [0.29, 0.717) is 6.54 Å². The van der Waals surface area contributed by atoms with Gasteiger partial charge in [-0.1, -0.05) is 24.3 Å². The maximum absolute atomic E-state index is 11.3. The van der Waals surface area contributed by atoms with Crippen LogP contribution in [0.2, 0.25) is 0 Å². The SMILES string of the molecule is C[C@H](N)C(=O)ON1C=Cc2ccccc2C1. The molecule has 84 valence electrons. The summed E-state index contributed by atoms with van der Waals surface area (Å²) in [4.78, 5) is 16.4. The molecule has 2 N–H and O–H groups in total. The van der Waals surface area contributed by atoms with Crippen LogP contribution in [0.1, 0.15) is 18.1 Å². The molecular formula is C12H14N2O2. The topological polar surface area (TPSA) is 55.6 Å². The molecule has 0 bridgehead atoms. The van der Waals surface area contributed by atoms with Crippen LogP contribution in [0, 0.1) is 0 Å². The standard InChI is InChI=1S/C12H14N2O2/c1-9(13)12(15)16-14-7-6-10-4-2-3-5-11(10)8-14/h2-7,9H,8,13H2,1H3/t9-/m0/s1. The fourth-order valence-corrected chi connectivity index (χ4v) is 1.49. The zero-order valence-corrected chi connectivity index (χ0v) is 9.09. The summed E-state index contributed by atoms with van der Waals surface area (Å²) in [5.74, 6) is -0.427. The second-order valence-electron chi connectivity index (χ2n) is 3.79. The molecule has 1 aromatic carbocycles. The van der Waals surface area contributed by atoms with Gasteiger partial charge in [0.25, 0.3) is 0 Å². The van der Waals surface area contributed by atoms with E-state index in [9.17, 15) is 4.79 Å². The quantitative estimate of drug-likeness (QED) is 0.812. The number of carbonyl (C=O) groups is 1. The summed E-state index contributed by atoms with van der Waals surface area (Å²) in [6.45, 7) is 2.16. The van der Waals surface area contributed by atoms with Crippen LogP contribution in [0.5, 0.6) is 0 Å². The van der Waals surface area contributed by atoms with Crippen LogP contribution >= 0.6 is 0 Å². The van der Waals surface area contributed by atoms with Gasteiger partial charge in [-0.2, -0.15) is 0 Å². The van der Waals surface area contributed by atoms with Gasteiger partial charge in [0, 0.05) is 6.20 Å². The molecule has 0 saturated carbocycles. The van der Waals surface area contributed by atoms with Crippen molar-refractivity contribution in [1.29, 1.82) is 0 Å². The van der Waals surface area contributed by atoms with Gasteiger partial charge >= 0.3 is 5.97 Å². The summed E-state index contributed by atoms with van der Waals surface area (Å²) in [5.41, 5.74) is 7.70. The Morgan fingerprint density at radius 2 is 2.25 bits per heavy atom. The van der Waals surface area contributed by atoms with Gasteiger partial charge in [-0.05, 0) is 24.1 Å². The molecule has 1 aromatic rings. The summed E-state index contributed by atoms with van der Waals surface area (Å²) >= 11 is 0. The number of rotatable bonds is 2. The Bertz CT molecular complexity index is 427. The fraction of sp³-hybridized carbons (Fsp3) is 0.250. The predicted molar refractivity (Wildman–Crippen MR) is 60.8 cm³/mol. The third kappa shape index (κ3) is 2.23. The highest BCUT2D eigenvalue weighted by Crippen LogP contribution is 2.19. The molecule has 0 fully saturated rings. The molecule has 1 aliphatic rings. The number of carbonyl (C=O) groups excluding carboxylic acids is 1. The van der Waals surface area contributed by atoms with Crippen LogP contribution in [-0.4, -0.2) is 17.1 Å². The highest BCUT2D eigenvalue weighted by atomic mass is 16.7. The maximum Gasteiger partial charge on any atom is 0.348 e. The number of hydroxylamine groups is 2. The second kappa shape index (κ2) is 4.37. The van der Waals surface area contributed by atoms with E-state index in [2.05, 4.69) is 0 Å². The summed E-state index contributed by atoms with van der Waals surface area (Å²) in [6, 6.07) is 7.36. The molecule has 0 amide bonds. The van der Waals surface area contributed by atoms with E-state index in [0.717, 1.165) is 11.1 Å². The number of hydrogen-bond acceptors (Lipinski definition) is 4. The molecule has 2 rings (SSSR count). The van der Waals surface area contributed by atoms with Crippen molar-refractivity contribution < 1.29 is 9.63 Å². The van der Waals surface area contributed by atoms with Crippen molar-refractivity contribution in [2.24, 2.45) is 5.73 Å². The zero-order valence-electron chi connectivity index (χ0n) is 9.09. The highest BCUT2D eigenvalue weighted by Gasteiger charge is 2.16. The molecule has 0 unspecified atom stereocenters. The van der Waals surface area contributed by atoms with Gasteiger partial charge in [0.2, 0.25) is 0 Å². The van der Waals surface area contributed by atoms with E-state index in [-0.39, 0.29) is 0 Å². The monoisotopic (exact) mass is 218 g/mol. The fourth-order valence-electron chi connectivity index (χ4n) is 1.49. The third-order valence-electron chi connectivity index (χ3n) is 2.38. The Hall–Kier alpha value is -1.81. The molecule has 0 aromatic heterocycles. The minimum atomic E-state index is -0.606. The molecule has 0 saturated heterocycles. The minimum absolute atomic E-state index is 0.427. The normalized spacial score (nSPS) is 15.5. The molecule has 0 radical (unpaired) electrons. The van der Waals surface area contributed by atoms with Crippen LogP contribution in [0.3, 0.4) is 0 Å². The van der Waals surface area contributed by atoms with Crippen molar-refractivity contribution in [2.75, 3.05) is 0 Å². The summed E-state index contributed by atoms with van der Waals surface area (Å²) in [5, 5.41) is 1.49. The molecule has 0 spiro atoms. The Morgan fingerprint density at radius 3 is 3.00 bits per heavy atom. The lowest BCUT2D eigenvalue weighted by molar-refractivity contribution is -0.181. The minimum Gasteiger partial charge on any atom is -0.339 e. The van der Waals surface area contributed by atoms with E-state index in [1.54, 1.807) is 13.1 Å². The number of nitrogens with two attached hydrogens (primary N) is 1. The highest BCUT2D eigenvalue weighted by molar-refractivity contribution is 5.74. The van der Waals surface area contributed by atoms with Crippen LogP contribution in [0.25, 0.3) is 6.08 Å². The van der Waals surface area contributed by atoms with Crippen molar-refractivity contribution in [3.63, 3.8) is 0 Å². The lowest BCUT2D eigenvalue weighted by Gasteiger charge is -2.24. The van der Waals surface area contributed by atoms with E-state index >= 15 is 0 Å². The van der Waals surface area contributed by atoms with Crippen molar-refractivity contribution in [3.05, 3.63) is 41.6 Å². The van der Waals surface area contributed by atoms with Gasteiger partial charge in [0.15, 0.2) is 0 Å². The van der Waals surface area contributed by atoms with Crippen molar-refractivity contribution in [3.8, 4) is 0 Å². The van der Waals surface area contributed by atoms with E-state index in [1.807, 2.05) is 30.3 Å². The van der Waals surface area contributed by atoms with Crippen LogP contribution in [-0.2, 0) is 16.2 Å². The molecule has 4 nitrogen and oxygen atoms in total. The van der Waals surface area contributed by atoms with Gasteiger partial charge in [-0.15, -0.1) is 0 Å². The lowest BCUT2D eigenvalue weighted by atomic mass is 10.1. The maximum atomic E-state index is 11.3. The second-order valence-corrected chi connectivity index (χ2v) is 3.79. The van der Waals surface area contributed by atoms with Gasteiger partial charge in [-0.25, -0.2) is 9.86 Å². The van der Waals surface area contributed by atoms with Gasteiger partial charge in [-0.3, -0.25) is 0 Å². The number of hydrogen-bond donors (Lipinski definition) is 1. The molecule has 4 heteroatoms. The van der Waals surface area contributed by atoms with Gasteiger partial charge < -0.3 is 10.6 Å². The van der Waals surface area contributed by atoms with E-state index < -0.39 is 12.0 Å². The van der Waals surface area contributed by atoms with Crippen molar-refractivity contribution in [1.82, 2.24) is 5.06 Å². The summed E-state index contributed by atoms with van der Waals surface area (Å²) in [6.07, 6.45) is 3.65. The largest absolute Gasteiger partial charge is 0.348 e. The predicted octanol–water partition coefficient (Wildman–Crippen LogP) is 1.28. The first-order valence-corrected chi connectivity index (χ1v) is 5.17. The number of benzene rings is 1. The zero-order chi connectivity index (χ0) is 11.5. The smallest absolute Gasteiger partial charge is 0.339 e. The molecule has 1 heterocycles. The number of fused-ring (bicyclic) bond motifs is 1. The van der Waals surface area contributed by atoms with E-state index in [4.69, 9.17) is 10.6 Å². The first kappa shape index (κ1) is 10.7. The van der Waals surface area contributed by atoms with Gasteiger partial charge in [0.05, 0.1) is 6.54 Å². The van der Waals surface area contributed by atoms with Crippen LogP contribution < -0.4 is 5.73 Å². The molecule has 0 aliphatic carbocycles. The Labute approximate surface area is 94.3 Å². The Balaban J connectivity index is 2.06. The van der Waals surface area contributed by atoms with Gasteiger partial charge in [0.1, 0.15) is 6.04 Å². The van der Waals surface area contributed by atoms with Crippen LogP contribution in [0.4, 0.5) is 0 Å². The summed E-state index contributed by atoms with van der Waals surface area (Å²) in [7, 11) is 0.